The molecule has 0 bridgehead atoms. The number of para-hydroxylation sites is 2. The standard InChI is InChI=1S/C51H34N4/c1-4-16-35(17-5-1)42-32-43(34-44(33-42)55-47-28-12-10-26-45(47)46-27-11-13-29-48(46)55)40-24-14-22-38(30-40)39-23-15-25-41(31-39)51-53-49(36-18-6-2-7-19-36)52-50(54-51)37-20-8-3-9-21-37/h1-34H/i10D,11D,12D,13D,26D,27D,28D,29D. The summed E-state index contributed by atoms with van der Waals surface area (Å²) in [7, 11) is 0. The van der Waals surface area contributed by atoms with Gasteiger partial charge in [0.25, 0.3) is 0 Å². The molecule has 4 heteroatoms. The van der Waals surface area contributed by atoms with E-state index >= 15 is 0 Å². The van der Waals surface area contributed by atoms with Crippen molar-refractivity contribution in [2.24, 2.45) is 0 Å². The smallest absolute Gasteiger partial charge is 0.164 e. The molecule has 0 aliphatic carbocycles. The topological polar surface area (TPSA) is 43.6 Å². The van der Waals surface area contributed by atoms with Gasteiger partial charge in [0.1, 0.15) is 0 Å². The van der Waals surface area contributed by atoms with Crippen molar-refractivity contribution in [3.63, 3.8) is 0 Å². The number of aromatic nitrogens is 4. The van der Waals surface area contributed by atoms with Crippen molar-refractivity contribution in [3.05, 3.63) is 206 Å². The normalized spacial score (nSPS) is 13.3. The minimum Gasteiger partial charge on any atom is -0.309 e. The van der Waals surface area contributed by atoms with Gasteiger partial charge in [-0.15, -0.1) is 0 Å². The summed E-state index contributed by atoms with van der Waals surface area (Å²) in [5.74, 6) is 1.66. The Morgan fingerprint density at radius 2 is 0.691 bits per heavy atom. The van der Waals surface area contributed by atoms with Crippen molar-refractivity contribution in [1.82, 2.24) is 19.5 Å². The first kappa shape index (κ1) is 24.7. The van der Waals surface area contributed by atoms with Crippen molar-refractivity contribution >= 4 is 21.8 Å². The largest absolute Gasteiger partial charge is 0.309 e. The quantitative estimate of drug-likeness (QED) is 0.165. The molecule has 2 aromatic heterocycles. The summed E-state index contributed by atoms with van der Waals surface area (Å²) >= 11 is 0. The number of nitrogens with zero attached hydrogens (tertiary/aromatic N) is 4. The first-order valence-electron chi connectivity index (χ1n) is 21.9. The van der Waals surface area contributed by atoms with Crippen molar-refractivity contribution < 1.29 is 11.0 Å². The van der Waals surface area contributed by atoms with E-state index in [-0.39, 0.29) is 46.0 Å². The number of fused-ring (bicyclic) bond motifs is 3. The first-order chi connectivity index (χ1) is 30.6. The lowest BCUT2D eigenvalue weighted by Crippen LogP contribution is -2.00. The van der Waals surface area contributed by atoms with Crippen LogP contribution in [0, 0.1) is 0 Å². The second-order valence-corrected chi connectivity index (χ2v) is 13.1. The Kier molecular flexibility index (Phi) is 6.23. The molecule has 0 unspecified atom stereocenters. The Morgan fingerprint density at radius 1 is 0.327 bits per heavy atom. The maximum Gasteiger partial charge on any atom is 0.164 e. The third-order valence-corrected chi connectivity index (χ3v) is 9.67. The van der Waals surface area contributed by atoms with Gasteiger partial charge in [-0.2, -0.15) is 0 Å². The molecule has 0 amide bonds. The van der Waals surface area contributed by atoms with Crippen LogP contribution in [0.4, 0.5) is 0 Å². The highest BCUT2D eigenvalue weighted by atomic mass is 15.0. The van der Waals surface area contributed by atoms with E-state index in [1.807, 2.05) is 146 Å². The highest BCUT2D eigenvalue weighted by Crippen LogP contribution is 2.37. The van der Waals surface area contributed by atoms with Gasteiger partial charge in [-0.05, 0) is 75.8 Å². The molecule has 8 aromatic carbocycles. The molecule has 0 fully saturated rings. The number of rotatable bonds is 7. The first-order valence-corrected chi connectivity index (χ1v) is 17.9. The predicted octanol–water partition coefficient (Wildman–Crippen LogP) is 13.0. The second-order valence-electron chi connectivity index (χ2n) is 13.1. The van der Waals surface area contributed by atoms with E-state index < -0.39 is 24.2 Å². The molecule has 0 saturated heterocycles. The molecule has 10 rings (SSSR count). The SMILES string of the molecule is [2H]c1c([2H])c([2H])c2c(c1[2H])c1c([2H])c([2H])c([2H])c([2H])c1n2-c1cc(-c2ccccc2)cc(-c2cccc(-c3cccc(-c4nc(-c5ccccc5)nc(-c5ccccc5)n4)c3)c2)c1. The molecule has 0 aliphatic heterocycles. The van der Waals surface area contributed by atoms with Gasteiger partial charge in [0.05, 0.1) is 22.0 Å². The van der Waals surface area contributed by atoms with Crippen LogP contribution in [0.1, 0.15) is 11.0 Å². The summed E-state index contributed by atoms with van der Waals surface area (Å²) in [6.45, 7) is 0. The van der Waals surface area contributed by atoms with Gasteiger partial charge >= 0.3 is 0 Å². The average molecular weight is 711 g/mol. The number of hydrogen-bond acceptors (Lipinski definition) is 3. The zero-order chi connectivity index (χ0) is 43.5. The zero-order valence-electron chi connectivity index (χ0n) is 37.3. The number of hydrogen-bond donors (Lipinski definition) is 0. The Hall–Kier alpha value is -7.43. The maximum absolute atomic E-state index is 9.11. The van der Waals surface area contributed by atoms with Crippen LogP contribution >= 0.6 is 0 Å². The van der Waals surface area contributed by atoms with E-state index in [1.165, 1.54) is 0 Å². The highest BCUT2D eigenvalue weighted by Gasteiger charge is 2.16. The molecule has 0 radical (unpaired) electrons. The molecule has 0 spiro atoms. The third kappa shape index (κ3) is 6.16. The van der Waals surface area contributed by atoms with Gasteiger partial charge in [-0.25, -0.2) is 15.0 Å². The second kappa shape index (κ2) is 13.8. The van der Waals surface area contributed by atoms with Crippen molar-refractivity contribution in [3.8, 4) is 73.2 Å². The fraction of sp³-hybridized carbons (Fsp3) is 0. The van der Waals surface area contributed by atoms with E-state index in [9.17, 15) is 0 Å². The summed E-state index contributed by atoms with van der Waals surface area (Å²) in [5.41, 5.74) is 8.30. The van der Waals surface area contributed by atoms with Gasteiger partial charge in [0.2, 0.25) is 0 Å². The van der Waals surface area contributed by atoms with Gasteiger partial charge in [0, 0.05) is 33.2 Å². The lowest BCUT2D eigenvalue weighted by Gasteiger charge is -2.15. The summed E-state index contributed by atoms with van der Waals surface area (Å²) in [5, 5.41) is 0.0583. The van der Waals surface area contributed by atoms with Gasteiger partial charge < -0.3 is 4.57 Å². The molecule has 258 valence electrons. The molecule has 0 atom stereocenters. The van der Waals surface area contributed by atoms with Gasteiger partial charge in [-0.1, -0.05) is 164 Å². The van der Waals surface area contributed by atoms with E-state index in [0.29, 0.717) is 23.2 Å². The number of benzene rings is 8. The van der Waals surface area contributed by atoms with Crippen LogP contribution in [0.3, 0.4) is 0 Å². The molecular weight excluding hydrogens is 669 g/mol. The highest BCUT2D eigenvalue weighted by molar-refractivity contribution is 6.09. The summed E-state index contributed by atoms with van der Waals surface area (Å²) in [6, 6.07) is 48.0. The Bertz CT molecular complexity index is 3300. The minimum atomic E-state index is -0.484. The van der Waals surface area contributed by atoms with Crippen LogP contribution in [-0.2, 0) is 0 Å². The fourth-order valence-electron chi connectivity index (χ4n) is 7.04. The lowest BCUT2D eigenvalue weighted by molar-refractivity contribution is 1.07. The molecular formula is C51H34N4. The Balaban J connectivity index is 1.16. The van der Waals surface area contributed by atoms with E-state index in [4.69, 9.17) is 25.9 Å². The molecule has 55 heavy (non-hydrogen) atoms. The Labute approximate surface area is 331 Å². The third-order valence-electron chi connectivity index (χ3n) is 9.67. The molecule has 4 nitrogen and oxygen atoms in total. The molecule has 0 N–H and O–H groups in total. The Morgan fingerprint density at radius 3 is 1.22 bits per heavy atom. The summed E-state index contributed by atoms with van der Waals surface area (Å²) < 4.78 is 71.9. The minimum absolute atomic E-state index is 0.0292. The van der Waals surface area contributed by atoms with Crippen molar-refractivity contribution in [1.29, 1.82) is 0 Å². The van der Waals surface area contributed by atoms with Crippen LogP contribution < -0.4 is 0 Å². The van der Waals surface area contributed by atoms with Crippen molar-refractivity contribution in [2.45, 2.75) is 0 Å². The van der Waals surface area contributed by atoms with Crippen LogP contribution in [-0.4, -0.2) is 19.5 Å². The summed E-state index contributed by atoms with van der Waals surface area (Å²) in [6.07, 6.45) is 0. The van der Waals surface area contributed by atoms with Gasteiger partial charge in [0.15, 0.2) is 17.5 Å². The molecule has 10 aromatic rings. The van der Waals surface area contributed by atoms with Gasteiger partial charge in [-0.3, -0.25) is 0 Å². The van der Waals surface area contributed by atoms with E-state index in [2.05, 4.69) is 12.1 Å². The summed E-state index contributed by atoms with van der Waals surface area (Å²) in [4.78, 5) is 14.7. The van der Waals surface area contributed by atoms with Crippen LogP contribution in [0.2, 0.25) is 0 Å². The molecule has 0 saturated carbocycles. The maximum atomic E-state index is 9.11. The van der Waals surface area contributed by atoms with E-state index in [0.717, 1.165) is 50.1 Å². The molecule has 2 heterocycles. The fourth-order valence-corrected chi connectivity index (χ4v) is 7.04. The van der Waals surface area contributed by atoms with Crippen LogP contribution in [0.5, 0.6) is 0 Å². The van der Waals surface area contributed by atoms with Crippen LogP contribution in [0.15, 0.2) is 206 Å². The monoisotopic (exact) mass is 710 g/mol. The molecule has 0 aliphatic rings. The van der Waals surface area contributed by atoms with E-state index in [1.54, 1.807) is 4.57 Å². The van der Waals surface area contributed by atoms with Crippen molar-refractivity contribution in [2.75, 3.05) is 0 Å². The zero-order valence-corrected chi connectivity index (χ0v) is 29.3. The van der Waals surface area contributed by atoms with Crippen LogP contribution in [0.25, 0.3) is 95.0 Å². The average Bonchev–Trinajstić information content (AvgIpc) is 3.71. The lowest BCUT2D eigenvalue weighted by atomic mass is 9.95. The predicted molar refractivity (Wildman–Crippen MR) is 227 cm³/mol.